The van der Waals surface area contributed by atoms with E-state index in [4.69, 9.17) is 11.6 Å². The average molecular weight is 174 g/mol. The number of halogens is 1. The standard InChI is InChI=1S/C7H6ClOS/c1-10(9)7-5-3-2-4-6(7)8/h2-4H,1H3. The largest absolute Gasteiger partial charge is 0.612 e. The van der Waals surface area contributed by atoms with E-state index < -0.39 is 11.2 Å². The van der Waals surface area contributed by atoms with Crippen LogP contribution in [0.1, 0.15) is 0 Å². The zero-order valence-electron chi connectivity index (χ0n) is 5.43. The minimum atomic E-state index is -1.03. The van der Waals surface area contributed by atoms with Crippen LogP contribution in [0.4, 0.5) is 0 Å². The smallest absolute Gasteiger partial charge is 0.179 e. The second-order valence-corrected chi connectivity index (χ2v) is 3.53. The first-order valence-corrected chi connectivity index (χ1v) is 4.65. The molecule has 1 unspecified atom stereocenters. The van der Waals surface area contributed by atoms with Crippen LogP contribution in [0.3, 0.4) is 0 Å². The van der Waals surface area contributed by atoms with Gasteiger partial charge >= 0.3 is 0 Å². The SMILES string of the molecule is C[S+]([O-])c1[c]cccc1Cl. The summed E-state index contributed by atoms with van der Waals surface area (Å²) in [6.45, 7) is 0. The lowest BCUT2D eigenvalue weighted by Crippen LogP contribution is -1.97. The van der Waals surface area contributed by atoms with E-state index in [1.807, 2.05) is 0 Å². The van der Waals surface area contributed by atoms with Gasteiger partial charge in [0.2, 0.25) is 0 Å². The van der Waals surface area contributed by atoms with Gasteiger partial charge in [-0.15, -0.1) is 0 Å². The van der Waals surface area contributed by atoms with Crippen molar-refractivity contribution < 1.29 is 4.55 Å². The molecule has 0 aliphatic carbocycles. The summed E-state index contributed by atoms with van der Waals surface area (Å²) in [4.78, 5) is 0.573. The lowest BCUT2D eigenvalue weighted by atomic mass is 10.4. The van der Waals surface area contributed by atoms with Gasteiger partial charge in [-0.25, -0.2) is 0 Å². The Morgan fingerprint density at radius 1 is 1.70 bits per heavy atom. The second kappa shape index (κ2) is 3.28. The first-order valence-electron chi connectivity index (χ1n) is 2.71. The minimum Gasteiger partial charge on any atom is -0.612 e. The molecule has 1 nitrogen and oxygen atoms in total. The molecule has 1 radical (unpaired) electrons. The second-order valence-electron chi connectivity index (χ2n) is 1.80. The van der Waals surface area contributed by atoms with E-state index in [9.17, 15) is 4.55 Å². The summed E-state index contributed by atoms with van der Waals surface area (Å²) >= 11 is 4.67. The zero-order chi connectivity index (χ0) is 7.56. The topological polar surface area (TPSA) is 23.1 Å². The van der Waals surface area contributed by atoms with E-state index in [0.717, 1.165) is 0 Å². The molecule has 0 spiro atoms. The van der Waals surface area contributed by atoms with Gasteiger partial charge in [0, 0.05) is 6.07 Å². The molecule has 0 aromatic heterocycles. The summed E-state index contributed by atoms with van der Waals surface area (Å²) in [5.74, 6) is 0. The number of hydrogen-bond donors (Lipinski definition) is 0. The molecule has 10 heavy (non-hydrogen) atoms. The van der Waals surface area contributed by atoms with Gasteiger partial charge < -0.3 is 4.55 Å². The van der Waals surface area contributed by atoms with E-state index in [1.54, 1.807) is 24.5 Å². The summed E-state index contributed by atoms with van der Waals surface area (Å²) in [5.41, 5.74) is 0. The van der Waals surface area contributed by atoms with Crippen molar-refractivity contribution in [1.82, 2.24) is 0 Å². The maximum Gasteiger partial charge on any atom is 0.179 e. The van der Waals surface area contributed by atoms with Crippen LogP contribution in [0.15, 0.2) is 23.1 Å². The molecule has 3 heteroatoms. The third kappa shape index (κ3) is 1.66. The molecule has 0 heterocycles. The maximum absolute atomic E-state index is 10.9. The van der Waals surface area contributed by atoms with Crippen molar-refractivity contribution >= 4 is 22.8 Å². The monoisotopic (exact) mass is 173 g/mol. The Bertz CT molecular complexity index is 225. The molecule has 1 atom stereocenters. The number of rotatable bonds is 1. The number of hydrogen-bond acceptors (Lipinski definition) is 1. The highest BCUT2D eigenvalue weighted by atomic mass is 35.5. The van der Waals surface area contributed by atoms with Gasteiger partial charge in [0.15, 0.2) is 4.90 Å². The minimum absolute atomic E-state index is 0.517. The Hall–Kier alpha value is -0.180. The lowest BCUT2D eigenvalue weighted by molar-refractivity contribution is 0.600. The van der Waals surface area contributed by atoms with Crippen LogP contribution in [-0.2, 0) is 11.2 Å². The Balaban J connectivity index is 3.03. The molecule has 0 aliphatic heterocycles. The summed E-state index contributed by atoms with van der Waals surface area (Å²) in [5, 5.41) is 0.517. The lowest BCUT2D eigenvalue weighted by Gasteiger charge is -2.03. The third-order valence-corrected chi connectivity index (χ3v) is 2.40. The Morgan fingerprint density at radius 3 is 2.80 bits per heavy atom. The van der Waals surface area contributed by atoms with Gasteiger partial charge in [-0.2, -0.15) is 0 Å². The van der Waals surface area contributed by atoms with Crippen LogP contribution < -0.4 is 0 Å². The highest BCUT2D eigenvalue weighted by Crippen LogP contribution is 2.18. The maximum atomic E-state index is 10.9. The fraction of sp³-hybridized carbons (Fsp3) is 0.143. The zero-order valence-corrected chi connectivity index (χ0v) is 7.00. The molecule has 1 aromatic carbocycles. The molecule has 53 valence electrons. The molecule has 0 bridgehead atoms. The molecule has 0 fully saturated rings. The first-order chi connectivity index (χ1) is 4.72. The van der Waals surface area contributed by atoms with Gasteiger partial charge in [-0.1, -0.05) is 17.7 Å². The van der Waals surface area contributed by atoms with Crippen molar-refractivity contribution in [2.75, 3.05) is 6.26 Å². The van der Waals surface area contributed by atoms with E-state index in [-0.39, 0.29) is 0 Å². The fourth-order valence-corrected chi connectivity index (χ4v) is 1.65. The van der Waals surface area contributed by atoms with Crippen LogP contribution in [0.5, 0.6) is 0 Å². The predicted molar refractivity (Wildman–Crippen MR) is 42.6 cm³/mol. The normalized spacial score (nSPS) is 13.1. The van der Waals surface area contributed by atoms with Crippen molar-refractivity contribution in [2.45, 2.75) is 4.90 Å². The molecule has 0 N–H and O–H groups in total. The van der Waals surface area contributed by atoms with E-state index >= 15 is 0 Å². The van der Waals surface area contributed by atoms with E-state index in [0.29, 0.717) is 9.92 Å². The van der Waals surface area contributed by atoms with Gasteiger partial charge in [0.25, 0.3) is 0 Å². The van der Waals surface area contributed by atoms with Crippen molar-refractivity contribution in [3.8, 4) is 0 Å². The third-order valence-electron chi connectivity index (χ3n) is 1.06. The van der Waals surface area contributed by atoms with Crippen molar-refractivity contribution in [2.24, 2.45) is 0 Å². The van der Waals surface area contributed by atoms with Crippen LogP contribution in [0, 0.1) is 6.07 Å². The molecule has 0 amide bonds. The molecule has 0 saturated heterocycles. The van der Waals surface area contributed by atoms with Gasteiger partial charge in [0.1, 0.15) is 6.26 Å². The van der Waals surface area contributed by atoms with Gasteiger partial charge in [-0.05, 0) is 23.3 Å². The molecule has 0 saturated carbocycles. The molecular formula is C7H6ClOS. The average Bonchev–Trinajstić information content (AvgIpc) is 1.88. The highest BCUT2D eigenvalue weighted by Gasteiger charge is 2.07. The van der Waals surface area contributed by atoms with E-state index in [2.05, 4.69) is 6.07 Å². The molecule has 0 aliphatic rings. The summed E-state index contributed by atoms with van der Waals surface area (Å²) in [6, 6.07) is 7.97. The Labute approximate surface area is 68.2 Å². The van der Waals surface area contributed by atoms with Crippen molar-refractivity contribution in [3.63, 3.8) is 0 Å². The van der Waals surface area contributed by atoms with Crippen LogP contribution in [0.2, 0.25) is 5.02 Å². The van der Waals surface area contributed by atoms with E-state index in [1.165, 1.54) is 0 Å². The van der Waals surface area contributed by atoms with Crippen LogP contribution in [-0.4, -0.2) is 10.8 Å². The summed E-state index contributed by atoms with van der Waals surface area (Å²) in [7, 11) is 0. The summed E-state index contributed by atoms with van der Waals surface area (Å²) in [6.07, 6.45) is 1.58. The summed E-state index contributed by atoms with van der Waals surface area (Å²) < 4.78 is 10.9. The van der Waals surface area contributed by atoms with Gasteiger partial charge in [0.05, 0.1) is 5.02 Å². The Kier molecular flexibility index (Phi) is 2.60. The Morgan fingerprint density at radius 2 is 2.40 bits per heavy atom. The molecule has 1 aromatic rings. The van der Waals surface area contributed by atoms with Crippen molar-refractivity contribution in [1.29, 1.82) is 0 Å². The predicted octanol–water partition coefficient (Wildman–Crippen LogP) is 1.88. The fourth-order valence-electron chi connectivity index (χ4n) is 0.621. The first kappa shape index (κ1) is 7.92. The molecule has 1 rings (SSSR count). The van der Waals surface area contributed by atoms with Crippen LogP contribution >= 0.6 is 11.6 Å². The quantitative estimate of drug-likeness (QED) is 0.595. The van der Waals surface area contributed by atoms with Crippen molar-refractivity contribution in [3.05, 3.63) is 29.3 Å². The number of benzene rings is 1. The molecular weight excluding hydrogens is 168 g/mol. The van der Waals surface area contributed by atoms with Gasteiger partial charge in [-0.3, -0.25) is 0 Å². The van der Waals surface area contributed by atoms with Crippen LogP contribution in [0.25, 0.3) is 0 Å². The highest BCUT2D eigenvalue weighted by molar-refractivity contribution is 7.90.